The molecule has 9 heteroatoms. The molecule has 0 bridgehead atoms. The van der Waals surface area contributed by atoms with Gasteiger partial charge in [0.1, 0.15) is 0 Å². The van der Waals surface area contributed by atoms with E-state index in [9.17, 15) is 14.9 Å². The van der Waals surface area contributed by atoms with Gasteiger partial charge in [0, 0.05) is 23.4 Å². The lowest BCUT2D eigenvalue weighted by Crippen LogP contribution is -2.10. The highest BCUT2D eigenvalue weighted by molar-refractivity contribution is 5.97. The molecular formula is C19H15N5O4. The van der Waals surface area contributed by atoms with Gasteiger partial charge in [0.25, 0.3) is 5.69 Å². The van der Waals surface area contributed by atoms with Gasteiger partial charge >= 0.3 is 5.97 Å². The Morgan fingerprint density at radius 1 is 1.18 bits per heavy atom. The minimum Gasteiger partial charge on any atom is -0.464 e. The molecule has 0 spiro atoms. The van der Waals surface area contributed by atoms with Crippen LogP contribution < -0.4 is 0 Å². The Morgan fingerprint density at radius 3 is 2.68 bits per heavy atom. The summed E-state index contributed by atoms with van der Waals surface area (Å²) in [5.74, 6) is -0.596. The first-order chi connectivity index (χ1) is 13.4. The van der Waals surface area contributed by atoms with Crippen molar-refractivity contribution in [2.75, 3.05) is 7.11 Å². The van der Waals surface area contributed by atoms with Gasteiger partial charge in [-0.1, -0.05) is 12.1 Å². The Hall–Kier alpha value is -3.88. The highest BCUT2D eigenvalue weighted by atomic mass is 16.6. The number of aryl methyl sites for hydroxylation is 2. The fourth-order valence-electron chi connectivity index (χ4n) is 3.20. The summed E-state index contributed by atoms with van der Waals surface area (Å²) in [7, 11) is 1.28. The molecule has 0 radical (unpaired) electrons. The van der Waals surface area contributed by atoms with Gasteiger partial charge in [0.05, 0.1) is 23.1 Å². The van der Waals surface area contributed by atoms with Crippen LogP contribution in [0.2, 0.25) is 0 Å². The molecule has 0 atom stereocenters. The van der Waals surface area contributed by atoms with Gasteiger partial charge in [-0.2, -0.15) is 0 Å². The number of nitro benzene ring substituents is 1. The minimum absolute atomic E-state index is 0.0642. The van der Waals surface area contributed by atoms with Crippen molar-refractivity contribution < 1.29 is 14.5 Å². The number of fused-ring (bicyclic) bond motifs is 3. The molecule has 4 aromatic rings. The number of nitrogens with zero attached hydrogens (tertiary/aromatic N) is 5. The fourth-order valence-corrected chi connectivity index (χ4v) is 3.20. The molecule has 0 saturated carbocycles. The van der Waals surface area contributed by atoms with Crippen molar-refractivity contribution in [3.63, 3.8) is 0 Å². The molecule has 9 nitrogen and oxygen atoms in total. The van der Waals surface area contributed by atoms with E-state index < -0.39 is 10.9 Å². The number of rotatable bonds is 3. The third-order valence-corrected chi connectivity index (χ3v) is 4.42. The fraction of sp³-hybridized carbons (Fsp3) is 0.158. The van der Waals surface area contributed by atoms with E-state index in [0.717, 1.165) is 11.3 Å². The van der Waals surface area contributed by atoms with Crippen LogP contribution in [0.15, 0.2) is 36.4 Å². The zero-order chi connectivity index (χ0) is 20.0. The first-order valence-electron chi connectivity index (χ1n) is 8.40. The van der Waals surface area contributed by atoms with Gasteiger partial charge in [-0.25, -0.2) is 19.3 Å². The van der Waals surface area contributed by atoms with Crippen molar-refractivity contribution in [1.29, 1.82) is 0 Å². The maximum atomic E-state index is 12.4. The van der Waals surface area contributed by atoms with E-state index >= 15 is 0 Å². The first-order valence-corrected chi connectivity index (χ1v) is 8.40. The van der Waals surface area contributed by atoms with E-state index in [2.05, 4.69) is 15.1 Å². The summed E-state index contributed by atoms with van der Waals surface area (Å²) in [6.07, 6.45) is 0. The van der Waals surface area contributed by atoms with Gasteiger partial charge < -0.3 is 4.74 Å². The standard InChI is InChI=1S/C19H15N5O4/c1-10-7-11(2)20-17-16(10)18-21-14(9-15(19(25)28-3)23(18)22-17)12-5-4-6-13(8-12)24(26)27/h4-9H,1-3H3. The number of benzene rings is 1. The molecule has 0 N–H and O–H groups in total. The predicted molar refractivity (Wildman–Crippen MR) is 101 cm³/mol. The number of carbonyl (C=O) groups excluding carboxylic acids is 1. The number of methoxy groups -OCH3 is 1. The lowest BCUT2D eigenvalue weighted by Gasteiger charge is -2.07. The van der Waals surface area contributed by atoms with Gasteiger partial charge in [-0.05, 0) is 31.5 Å². The topological polar surface area (TPSA) is 113 Å². The summed E-state index contributed by atoms with van der Waals surface area (Å²) in [6, 6.07) is 9.49. The number of ether oxygens (including phenoxy) is 1. The van der Waals surface area contributed by atoms with E-state index in [1.165, 1.54) is 29.8 Å². The van der Waals surface area contributed by atoms with Crippen LogP contribution in [0.3, 0.4) is 0 Å². The summed E-state index contributed by atoms with van der Waals surface area (Å²) in [6.45, 7) is 3.78. The summed E-state index contributed by atoms with van der Waals surface area (Å²) in [4.78, 5) is 32.1. The number of carbonyl (C=O) groups is 1. The molecule has 0 aliphatic heterocycles. The summed E-state index contributed by atoms with van der Waals surface area (Å²) in [5.41, 5.74) is 3.61. The Labute approximate surface area is 158 Å². The second-order valence-electron chi connectivity index (χ2n) is 6.34. The van der Waals surface area contributed by atoms with Gasteiger partial charge in [0.15, 0.2) is 17.0 Å². The molecule has 3 aromatic heterocycles. The Bertz CT molecular complexity index is 1280. The van der Waals surface area contributed by atoms with Crippen molar-refractivity contribution in [2.24, 2.45) is 0 Å². The number of non-ortho nitro benzene ring substituents is 1. The molecule has 0 aliphatic carbocycles. The highest BCUT2D eigenvalue weighted by Gasteiger charge is 2.20. The minimum atomic E-state index is -0.596. The number of hydrogen-bond acceptors (Lipinski definition) is 7. The number of aromatic nitrogens is 4. The van der Waals surface area contributed by atoms with Crippen molar-refractivity contribution in [3.05, 3.63) is 63.5 Å². The number of hydrogen-bond donors (Lipinski definition) is 0. The SMILES string of the molecule is COC(=O)c1cc(-c2cccc([N+](=O)[O-])c2)nc2c3c(C)cc(C)nc3nn12. The molecule has 0 fully saturated rings. The van der Waals surface area contributed by atoms with Crippen LogP contribution in [0.1, 0.15) is 21.7 Å². The van der Waals surface area contributed by atoms with Crippen molar-refractivity contribution in [1.82, 2.24) is 19.6 Å². The number of nitro groups is 1. The van der Waals surface area contributed by atoms with E-state index in [1.807, 2.05) is 19.9 Å². The van der Waals surface area contributed by atoms with Crippen LogP contribution in [0.4, 0.5) is 5.69 Å². The largest absolute Gasteiger partial charge is 0.464 e. The van der Waals surface area contributed by atoms with Crippen LogP contribution in [0.5, 0.6) is 0 Å². The second-order valence-corrected chi connectivity index (χ2v) is 6.34. The molecule has 28 heavy (non-hydrogen) atoms. The number of esters is 1. The van der Waals surface area contributed by atoms with Crippen LogP contribution in [0.25, 0.3) is 27.9 Å². The van der Waals surface area contributed by atoms with Crippen LogP contribution in [-0.2, 0) is 4.74 Å². The van der Waals surface area contributed by atoms with Crippen LogP contribution >= 0.6 is 0 Å². The lowest BCUT2D eigenvalue weighted by atomic mass is 10.1. The van der Waals surface area contributed by atoms with E-state index in [-0.39, 0.29) is 11.4 Å². The molecule has 4 rings (SSSR count). The van der Waals surface area contributed by atoms with Crippen molar-refractivity contribution >= 4 is 28.3 Å². The third-order valence-electron chi connectivity index (χ3n) is 4.42. The Morgan fingerprint density at radius 2 is 1.96 bits per heavy atom. The monoisotopic (exact) mass is 377 g/mol. The van der Waals surface area contributed by atoms with Gasteiger partial charge in [-0.3, -0.25) is 10.1 Å². The molecule has 3 heterocycles. The maximum absolute atomic E-state index is 12.4. The summed E-state index contributed by atoms with van der Waals surface area (Å²) < 4.78 is 6.29. The average molecular weight is 377 g/mol. The lowest BCUT2D eigenvalue weighted by molar-refractivity contribution is -0.384. The quantitative estimate of drug-likeness (QED) is 0.306. The third kappa shape index (κ3) is 2.73. The molecule has 0 unspecified atom stereocenters. The average Bonchev–Trinajstić information content (AvgIpc) is 3.04. The van der Waals surface area contributed by atoms with E-state index in [4.69, 9.17) is 4.74 Å². The van der Waals surface area contributed by atoms with Crippen molar-refractivity contribution in [2.45, 2.75) is 13.8 Å². The van der Waals surface area contributed by atoms with Crippen LogP contribution in [-0.4, -0.2) is 37.6 Å². The summed E-state index contributed by atoms with van der Waals surface area (Å²) >= 11 is 0. The van der Waals surface area contributed by atoms with E-state index in [1.54, 1.807) is 12.1 Å². The first kappa shape index (κ1) is 17.5. The molecule has 1 aromatic carbocycles. The molecule has 0 aliphatic rings. The number of pyridine rings is 1. The zero-order valence-electron chi connectivity index (χ0n) is 15.3. The van der Waals surface area contributed by atoms with Gasteiger partial charge in [0.2, 0.25) is 0 Å². The maximum Gasteiger partial charge on any atom is 0.356 e. The molecule has 140 valence electrons. The second kappa shape index (κ2) is 6.38. The Balaban J connectivity index is 2.08. The summed E-state index contributed by atoms with van der Waals surface area (Å²) in [5, 5.41) is 16.2. The van der Waals surface area contributed by atoms with E-state index in [0.29, 0.717) is 27.9 Å². The molecule has 0 amide bonds. The predicted octanol–water partition coefficient (Wildman–Crippen LogP) is 3.26. The smallest absolute Gasteiger partial charge is 0.356 e. The molecular weight excluding hydrogens is 362 g/mol. The van der Waals surface area contributed by atoms with Crippen LogP contribution in [0, 0.1) is 24.0 Å². The normalized spacial score (nSPS) is 11.1. The molecule has 0 saturated heterocycles. The highest BCUT2D eigenvalue weighted by Crippen LogP contribution is 2.28. The Kier molecular flexibility index (Phi) is 3.99. The van der Waals surface area contributed by atoms with Gasteiger partial charge in [-0.15, -0.1) is 5.10 Å². The zero-order valence-corrected chi connectivity index (χ0v) is 15.3. The van der Waals surface area contributed by atoms with Crippen molar-refractivity contribution in [3.8, 4) is 11.3 Å².